The summed E-state index contributed by atoms with van der Waals surface area (Å²) < 4.78 is 27.7. The molecule has 0 aromatic rings. The first-order chi connectivity index (χ1) is 6.95. The Balaban J connectivity index is 4.20. The molecule has 2 nitrogen and oxygen atoms in total. The monoisotopic (exact) mass is 258 g/mol. The Morgan fingerprint density at radius 3 is 2.00 bits per heavy atom. The maximum atomic E-state index is 14.0. The summed E-state index contributed by atoms with van der Waals surface area (Å²) in [4.78, 5) is 0. The van der Waals surface area contributed by atoms with Crippen LogP contribution in [-0.4, -0.2) is 43.6 Å². The smallest absolute Gasteiger partial charge is 0.170 e. The molecule has 0 spiro atoms. The molecular formula is C9H20F2N2S2. The first kappa shape index (κ1) is 15.5. The Kier molecular flexibility index (Phi) is 7.16. The van der Waals surface area contributed by atoms with Crippen LogP contribution >= 0.6 is 25.3 Å². The van der Waals surface area contributed by atoms with Crippen LogP contribution in [0, 0.1) is 0 Å². The topological polar surface area (TPSA) is 24.1 Å². The van der Waals surface area contributed by atoms with E-state index in [4.69, 9.17) is 0 Å². The average molecular weight is 258 g/mol. The zero-order valence-electron chi connectivity index (χ0n) is 9.19. The predicted octanol–water partition coefficient (Wildman–Crippen LogP) is 1.44. The van der Waals surface area contributed by atoms with E-state index in [9.17, 15) is 8.78 Å². The number of hydrogen-bond donors (Lipinski definition) is 4. The number of hydrogen-bond acceptors (Lipinski definition) is 4. The molecule has 0 bridgehead atoms. The van der Waals surface area contributed by atoms with E-state index in [1.54, 1.807) is 7.05 Å². The van der Waals surface area contributed by atoms with Gasteiger partial charge in [0.1, 0.15) is 5.67 Å². The van der Waals surface area contributed by atoms with Crippen LogP contribution < -0.4 is 10.6 Å². The minimum absolute atomic E-state index is 0.0334. The highest BCUT2D eigenvalue weighted by atomic mass is 32.1. The van der Waals surface area contributed by atoms with E-state index < -0.39 is 11.5 Å². The predicted molar refractivity (Wildman–Crippen MR) is 67.6 cm³/mol. The van der Waals surface area contributed by atoms with Crippen LogP contribution in [-0.2, 0) is 0 Å². The second-order valence-electron chi connectivity index (χ2n) is 3.71. The Bertz CT molecular complexity index is 179. The van der Waals surface area contributed by atoms with Crippen molar-refractivity contribution in [2.45, 2.75) is 24.3 Å². The summed E-state index contributed by atoms with van der Waals surface area (Å²) in [5, 5.41) is 5.26. The van der Waals surface area contributed by atoms with Gasteiger partial charge < -0.3 is 5.32 Å². The largest absolute Gasteiger partial charge is 0.317 e. The van der Waals surface area contributed by atoms with Crippen molar-refractivity contribution in [3.8, 4) is 0 Å². The summed E-state index contributed by atoms with van der Waals surface area (Å²) in [6, 6.07) is 0. The fourth-order valence-corrected chi connectivity index (χ4v) is 1.83. The van der Waals surface area contributed by atoms with E-state index in [0.717, 1.165) is 0 Å². The van der Waals surface area contributed by atoms with Crippen LogP contribution in [0.1, 0.15) is 12.8 Å². The van der Waals surface area contributed by atoms with E-state index >= 15 is 0 Å². The van der Waals surface area contributed by atoms with Gasteiger partial charge in [0.2, 0.25) is 0 Å². The molecule has 0 radical (unpaired) electrons. The SMILES string of the molecule is CNC[C@@](F)(CS)CC[C@](F)(CS)NC. The van der Waals surface area contributed by atoms with Gasteiger partial charge in [0.25, 0.3) is 0 Å². The molecule has 0 saturated heterocycles. The van der Waals surface area contributed by atoms with Crippen molar-refractivity contribution in [2.75, 3.05) is 32.1 Å². The van der Waals surface area contributed by atoms with Gasteiger partial charge in [-0.25, -0.2) is 8.78 Å². The first-order valence-corrected chi connectivity index (χ1v) is 6.15. The molecule has 0 fully saturated rings. The maximum absolute atomic E-state index is 14.0. The summed E-state index contributed by atoms with van der Waals surface area (Å²) in [5.74, 6) is -1.48. The van der Waals surface area contributed by atoms with Crippen LogP contribution in [0.15, 0.2) is 0 Å². The second-order valence-corrected chi connectivity index (χ2v) is 4.35. The molecular weight excluding hydrogens is 238 g/mol. The third-order valence-corrected chi connectivity index (χ3v) is 3.51. The normalized spacial score (nSPS) is 19.6. The summed E-state index contributed by atoms with van der Waals surface area (Å²) >= 11 is 7.84. The molecule has 2 atom stereocenters. The molecule has 15 heavy (non-hydrogen) atoms. The number of nitrogens with one attached hydrogen (secondary N) is 2. The molecule has 0 unspecified atom stereocenters. The highest BCUT2D eigenvalue weighted by Crippen LogP contribution is 2.25. The van der Waals surface area contributed by atoms with Crippen LogP contribution in [0.2, 0.25) is 0 Å². The lowest BCUT2D eigenvalue weighted by Gasteiger charge is -2.28. The standard InChI is InChI=1S/C9H20F2N2S2/c1-12-5-8(10,6-14)3-4-9(11,7-15)13-2/h12-15H,3-7H2,1-2H3/t8-,9-/m1/s1. The molecule has 92 valence electrons. The van der Waals surface area contributed by atoms with Gasteiger partial charge in [-0.3, -0.25) is 5.32 Å². The Morgan fingerprint density at radius 1 is 1.07 bits per heavy atom. The molecule has 6 heteroatoms. The highest BCUT2D eigenvalue weighted by molar-refractivity contribution is 7.80. The molecule has 0 saturated carbocycles. The van der Waals surface area contributed by atoms with Gasteiger partial charge in [0, 0.05) is 18.1 Å². The summed E-state index contributed by atoms with van der Waals surface area (Å²) in [7, 11) is 3.17. The summed E-state index contributed by atoms with van der Waals surface area (Å²) in [6.45, 7) is 0.183. The minimum atomic E-state index is -1.60. The molecule has 0 rings (SSSR count). The minimum Gasteiger partial charge on any atom is -0.317 e. The van der Waals surface area contributed by atoms with Gasteiger partial charge in [-0.15, -0.1) is 0 Å². The van der Waals surface area contributed by atoms with Crippen LogP contribution in [0.5, 0.6) is 0 Å². The van der Waals surface area contributed by atoms with Gasteiger partial charge in [0.05, 0.1) is 0 Å². The van der Waals surface area contributed by atoms with Crippen molar-refractivity contribution >= 4 is 25.3 Å². The van der Waals surface area contributed by atoms with Gasteiger partial charge in [-0.2, -0.15) is 25.3 Å². The third-order valence-electron chi connectivity index (χ3n) is 2.44. The molecule has 0 amide bonds. The summed E-state index contributed by atoms with van der Waals surface area (Å²) in [6.07, 6.45) is 0.209. The Morgan fingerprint density at radius 2 is 1.67 bits per heavy atom. The maximum Gasteiger partial charge on any atom is 0.170 e. The lowest BCUT2D eigenvalue weighted by atomic mass is 9.98. The molecule has 2 N–H and O–H groups in total. The fourth-order valence-electron chi connectivity index (χ4n) is 1.25. The van der Waals surface area contributed by atoms with Gasteiger partial charge in [-0.1, -0.05) is 0 Å². The van der Waals surface area contributed by atoms with E-state index in [2.05, 4.69) is 35.9 Å². The van der Waals surface area contributed by atoms with Crippen LogP contribution in [0.4, 0.5) is 8.78 Å². The average Bonchev–Trinajstić information content (AvgIpc) is 2.26. The molecule has 0 aliphatic heterocycles. The molecule has 0 aliphatic rings. The number of rotatable bonds is 8. The second kappa shape index (κ2) is 6.93. The number of alkyl halides is 2. The molecule has 0 heterocycles. The summed E-state index contributed by atoms with van der Waals surface area (Å²) in [5.41, 5.74) is -1.46. The molecule has 0 aromatic heterocycles. The van der Waals surface area contributed by atoms with Crippen molar-refractivity contribution in [1.29, 1.82) is 0 Å². The molecule has 0 aliphatic carbocycles. The van der Waals surface area contributed by atoms with Gasteiger partial charge in [0.15, 0.2) is 5.79 Å². The fraction of sp³-hybridized carbons (Fsp3) is 1.00. The van der Waals surface area contributed by atoms with Crippen molar-refractivity contribution in [3.05, 3.63) is 0 Å². The van der Waals surface area contributed by atoms with Crippen molar-refractivity contribution in [2.24, 2.45) is 0 Å². The first-order valence-electron chi connectivity index (χ1n) is 4.88. The van der Waals surface area contributed by atoms with Crippen molar-refractivity contribution in [3.63, 3.8) is 0 Å². The van der Waals surface area contributed by atoms with Gasteiger partial charge in [-0.05, 0) is 26.9 Å². The molecule has 0 aromatic carbocycles. The van der Waals surface area contributed by atoms with E-state index in [-0.39, 0.29) is 30.9 Å². The quantitative estimate of drug-likeness (QED) is 0.391. The zero-order valence-corrected chi connectivity index (χ0v) is 11.0. The lowest BCUT2D eigenvalue weighted by Crippen LogP contribution is -2.44. The zero-order chi connectivity index (χ0) is 11.9. The van der Waals surface area contributed by atoms with E-state index in [0.29, 0.717) is 0 Å². The van der Waals surface area contributed by atoms with Crippen molar-refractivity contribution in [1.82, 2.24) is 10.6 Å². The Hall–Kier alpha value is 0.480. The Labute approximate surface area is 101 Å². The van der Waals surface area contributed by atoms with E-state index in [1.807, 2.05) is 0 Å². The van der Waals surface area contributed by atoms with E-state index in [1.165, 1.54) is 7.05 Å². The highest BCUT2D eigenvalue weighted by Gasteiger charge is 2.33. The van der Waals surface area contributed by atoms with Gasteiger partial charge >= 0.3 is 0 Å². The third kappa shape index (κ3) is 5.38. The van der Waals surface area contributed by atoms with Crippen LogP contribution in [0.3, 0.4) is 0 Å². The van der Waals surface area contributed by atoms with Crippen molar-refractivity contribution < 1.29 is 8.78 Å². The number of halogens is 2. The van der Waals surface area contributed by atoms with Crippen LogP contribution in [0.25, 0.3) is 0 Å². The lowest BCUT2D eigenvalue weighted by molar-refractivity contribution is 0.0963. The number of thiol groups is 2.